The van der Waals surface area contributed by atoms with E-state index in [4.69, 9.17) is 5.73 Å². The first-order chi connectivity index (χ1) is 9.16. The number of nitrogens with two attached hydrogens (primary N) is 1. The molecule has 0 bridgehead atoms. The molecule has 0 aliphatic heterocycles. The van der Waals surface area contributed by atoms with Crippen molar-refractivity contribution >= 4 is 16.6 Å². The molecule has 0 aliphatic carbocycles. The summed E-state index contributed by atoms with van der Waals surface area (Å²) in [6, 6.07) is 14.7. The molecule has 0 fully saturated rings. The van der Waals surface area contributed by atoms with E-state index in [1.807, 2.05) is 12.1 Å². The Balaban J connectivity index is 2.07. The normalized spacial score (nSPS) is 11.1. The quantitative estimate of drug-likeness (QED) is 0.687. The Morgan fingerprint density at radius 3 is 2.63 bits per heavy atom. The summed E-state index contributed by atoms with van der Waals surface area (Å²) in [5.41, 5.74) is 11.9. The highest BCUT2D eigenvalue weighted by Crippen LogP contribution is 2.22. The fourth-order valence-electron chi connectivity index (χ4n) is 2.57. The minimum Gasteiger partial charge on any atom is -0.399 e. The molecule has 0 aliphatic rings. The van der Waals surface area contributed by atoms with Crippen molar-refractivity contribution in [3.8, 4) is 0 Å². The van der Waals surface area contributed by atoms with Gasteiger partial charge in [0.2, 0.25) is 0 Å². The van der Waals surface area contributed by atoms with Crippen LogP contribution >= 0.6 is 0 Å². The molecule has 2 aromatic carbocycles. The average Bonchev–Trinajstić information content (AvgIpc) is 2.80. The van der Waals surface area contributed by atoms with Gasteiger partial charge in [-0.1, -0.05) is 24.3 Å². The zero-order chi connectivity index (χ0) is 13.4. The molecule has 2 N–H and O–H groups in total. The minimum absolute atomic E-state index is 0.865. The molecule has 2 heteroatoms. The number of hydrogen-bond acceptors (Lipinski definition) is 1. The second-order valence-corrected chi connectivity index (χ2v) is 5.08. The van der Waals surface area contributed by atoms with Crippen LogP contribution in [0.4, 0.5) is 5.69 Å². The summed E-state index contributed by atoms with van der Waals surface area (Å²) in [5.74, 6) is 0. The third-order valence-electron chi connectivity index (χ3n) is 3.86. The monoisotopic (exact) mass is 250 g/mol. The lowest BCUT2D eigenvalue weighted by Crippen LogP contribution is -2.02. The zero-order valence-electron chi connectivity index (χ0n) is 11.4. The van der Waals surface area contributed by atoms with Gasteiger partial charge in [-0.2, -0.15) is 0 Å². The van der Waals surface area contributed by atoms with Crippen LogP contribution in [-0.2, 0) is 6.54 Å². The van der Waals surface area contributed by atoms with E-state index >= 15 is 0 Å². The third kappa shape index (κ3) is 1.99. The summed E-state index contributed by atoms with van der Waals surface area (Å²) in [6.07, 6.45) is 2.15. The summed E-state index contributed by atoms with van der Waals surface area (Å²) in [6.45, 7) is 5.10. The smallest absolute Gasteiger partial charge is 0.0486 e. The van der Waals surface area contributed by atoms with E-state index in [0.717, 1.165) is 12.2 Å². The van der Waals surface area contributed by atoms with E-state index in [2.05, 4.69) is 54.9 Å². The molecule has 3 rings (SSSR count). The van der Waals surface area contributed by atoms with Crippen LogP contribution in [0.5, 0.6) is 0 Å². The van der Waals surface area contributed by atoms with Gasteiger partial charge in [-0.05, 0) is 48.7 Å². The molecule has 0 radical (unpaired) electrons. The van der Waals surface area contributed by atoms with E-state index in [1.165, 1.54) is 27.6 Å². The van der Waals surface area contributed by atoms with E-state index in [9.17, 15) is 0 Å². The highest BCUT2D eigenvalue weighted by Gasteiger charge is 2.06. The Labute approximate surface area is 113 Å². The number of aromatic nitrogens is 1. The van der Waals surface area contributed by atoms with Gasteiger partial charge in [0.25, 0.3) is 0 Å². The van der Waals surface area contributed by atoms with Crippen molar-refractivity contribution in [3.63, 3.8) is 0 Å². The molecular weight excluding hydrogens is 232 g/mol. The maximum atomic E-state index is 5.98. The van der Waals surface area contributed by atoms with Crippen molar-refractivity contribution in [1.82, 2.24) is 4.57 Å². The van der Waals surface area contributed by atoms with Gasteiger partial charge in [-0.15, -0.1) is 0 Å². The first-order valence-corrected chi connectivity index (χ1v) is 6.55. The molecule has 0 spiro atoms. The number of hydrogen-bond donors (Lipinski definition) is 1. The SMILES string of the molecule is Cc1c(N)cccc1Cn1ccc2c(C)cccc21. The maximum Gasteiger partial charge on any atom is 0.0486 e. The summed E-state index contributed by atoms with van der Waals surface area (Å²) in [5, 5.41) is 1.32. The van der Waals surface area contributed by atoms with Crippen molar-refractivity contribution in [2.45, 2.75) is 20.4 Å². The Bertz CT molecular complexity index is 738. The molecule has 0 amide bonds. The van der Waals surface area contributed by atoms with Gasteiger partial charge in [-0.3, -0.25) is 0 Å². The first-order valence-electron chi connectivity index (χ1n) is 6.55. The zero-order valence-corrected chi connectivity index (χ0v) is 11.4. The largest absolute Gasteiger partial charge is 0.399 e. The molecule has 1 aromatic heterocycles. The van der Waals surface area contributed by atoms with Gasteiger partial charge in [0.15, 0.2) is 0 Å². The maximum absolute atomic E-state index is 5.98. The van der Waals surface area contributed by atoms with Gasteiger partial charge in [0, 0.05) is 29.3 Å². The molecule has 0 unspecified atom stereocenters. The van der Waals surface area contributed by atoms with Gasteiger partial charge in [0.1, 0.15) is 0 Å². The lowest BCUT2D eigenvalue weighted by Gasteiger charge is -2.10. The standard InChI is InChI=1S/C17H18N2/c1-12-5-3-8-17-15(12)9-10-19(17)11-14-6-4-7-16(18)13(14)2/h3-10H,11,18H2,1-2H3. The molecule has 2 nitrogen and oxygen atoms in total. The van der Waals surface area contributed by atoms with Crippen LogP contribution < -0.4 is 5.73 Å². The van der Waals surface area contributed by atoms with Crippen LogP contribution in [0.1, 0.15) is 16.7 Å². The minimum atomic E-state index is 0.865. The predicted molar refractivity (Wildman–Crippen MR) is 81.4 cm³/mol. The van der Waals surface area contributed by atoms with Crippen molar-refractivity contribution in [2.24, 2.45) is 0 Å². The molecule has 0 saturated carbocycles. The fraction of sp³-hybridized carbons (Fsp3) is 0.176. The van der Waals surface area contributed by atoms with Crippen LogP contribution in [0, 0.1) is 13.8 Å². The number of fused-ring (bicyclic) bond motifs is 1. The molecule has 0 saturated heterocycles. The van der Waals surface area contributed by atoms with Gasteiger partial charge < -0.3 is 10.3 Å². The third-order valence-corrected chi connectivity index (χ3v) is 3.86. The highest BCUT2D eigenvalue weighted by atomic mass is 14.9. The van der Waals surface area contributed by atoms with Crippen LogP contribution in [0.2, 0.25) is 0 Å². The Morgan fingerprint density at radius 2 is 1.79 bits per heavy atom. The lowest BCUT2D eigenvalue weighted by atomic mass is 10.1. The van der Waals surface area contributed by atoms with Gasteiger partial charge in [-0.25, -0.2) is 0 Å². The predicted octanol–water partition coefficient (Wildman–Crippen LogP) is 3.89. The summed E-state index contributed by atoms with van der Waals surface area (Å²) in [4.78, 5) is 0. The molecule has 96 valence electrons. The van der Waals surface area contributed by atoms with E-state index in [1.54, 1.807) is 0 Å². The Morgan fingerprint density at radius 1 is 1.00 bits per heavy atom. The van der Waals surface area contributed by atoms with Crippen molar-refractivity contribution in [1.29, 1.82) is 0 Å². The molecular formula is C17H18N2. The highest BCUT2D eigenvalue weighted by molar-refractivity contribution is 5.83. The summed E-state index contributed by atoms with van der Waals surface area (Å²) in [7, 11) is 0. The van der Waals surface area contributed by atoms with Gasteiger partial charge >= 0.3 is 0 Å². The fourth-order valence-corrected chi connectivity index (χ4v) is 2.57. The average molecular weight is 250 g/mol. The topological polar surface area (TPSA) is 30.9 Å². The molecule has 1 heterocycles. The van der Waals surface area contributed by atoms with E-state index < -0.39 is 0 Å². The number of nitrogen functional groups attached to an aromatic ring is 1. The number of nitrogens with zero attached hydrogens (tertiary/aromatic N) is 1. The second-order valence-electron chi connectivity index (χ2n) is 5.08. The number of anilines is 1. The lowest BCUT2D eigenvalue weighted by molar-refractivity contribution is 0.831. The van der Waals surface area contributed by atoms with Crippen LogP contribution in [0.15, 0.2) is 48.7 Å². The van der Waals surface area contributed by atoms with Crippen molar-refractivity contribution in [2.75, 3.05) is 5.73 Å². The number of aryl methyl sites for hydroxylation is 1. The van der Waals surface area contributed by atoms with Crippen molar-refractivity contribution in [3.05, 3.63) is 65.4 Å². The van der Waals surface area contributed by atoms with Crippen molar-refractivity contribution < 1.29 is 0 Å². The van der Waals surface area contributed by atoms with E-state index in [-0.39, 0.29) is 0 Å². The second kappa shape index (κ2) is 4.47. The number of rotatable bonds is 2. The molecule has 3 aromatic rings. The molecule has 0 atom stereocenters. The first kappa shape index (κ1) is 11.8. The summed E-state index contributed by atoms with van der Waals surface area (Å²) >= 11 is 0. The number of benzene rings is 2. The molecule has 19 heavy (non-hydrogen) atoms. The Kier molecular flexibility index (Phi) is 2.79. The van der Waals surface area contributed by atoms with E-state index in [0.29, 0.717) is 0 Å². The van der Waals surface area contributed by atoms with Crippen LogP contribution in [-0.4, -0.2) is 4.57 Å². The van der Waals surface area contributed by atoms with Gasteiger partial charge in [0.05, 0.1) is 0 Å². The van der Waals surface area contributed by atoms with Crippen LogP contribution in [0.3, 0.4) is 0 Å². The van der Waals surface area contributed by atoms with Crippen LogP contribution in [0.25, 0.3) is 10.9 Å². The summed E-state index contributed by atoms with van der Waals surface area (Å²) < 4.78 is 2.28. The Hall–Kier alpha value is -2.22.